The van der Waals surface area contributed by atoms with E-state index in [1.807, 2.05) is 22.7 Å². The van der Waals surface area contributed by atoms with Crippen LogP contribution in [0.25, 0.3) is 21.6 Å². The molecule has 1 fully saturated rings. The number of imidazole rings is 1. The molecule has 0 bridgehead atoms. The molecule has 4 aromatic rings. The number of rotatable bonds is 4. The molecule has 1 amide bonds. The van der Waals surface area contributed by atoms with Gasteiger partial charge >= 0.3 is 0 Å². The molecule has 1 aromatic carbocycles. The summed E-state index contributed by atoms with van der Waals surface area (Å²) in [6.45, 7) is 8.42. The summed E-state index contributed by atoms with van der Waals surface area (Å²) in [6.07, 6.45) is 5.92. The smallest absolute Gasteiger partial charge is 0.256 e. The summed E-state index contributed by atoms with van der Waals surface area (Å²) in [5, 5.41) is 2.72. The minimum Gasteiger partial charge on any atom is -0.382 e. The van der Waals surface area contributed by atoms with E-state index in [9.17, 15) is 4.79 Å². The minimum absolute atomic E-state index is 0.196. The first kappa shape index (κ1) is 19.7. The highest BCUT2D eigenvalue weighted by Crippen LogP contribution is 2.33. The second-order valence-electron chi connectivity index (χ2n) is 7.45. The summed E-state index contributed by atoms with van der Waals surface area (Å²) in [6, 6.07) is 10.2. The Kier molecular flexibility index (Phi) is 4.97. The van der Waals surface area contributed by atoms with Crippen LogP contribution in [0.5, 0.6) is 0 Å². The third kappa shape index (κ3) is 3.53. The fourth-order valence-corrected chi connectivity index (χ4v) is 3.84. The Morgan fingerprint density at radius 3 is 2.81 bits per heavy atom. The summed E-state index contributed by atoms with van der Waals surface area (Å²) in [5.41, 5.74) is 9.36. The van der Waals surface area contributed by atoms with Gasteiger partial charge in [-0.1, -0.05) is 12.1 Å². The zero-order chi connectivity index (χ0) is 22.1. The molecule has 1 aliphatic rings. The summed E-state index contributed by atoms with van der Waals surface area (Å²) in [4.78, 5) is 29.2. The zero-order valence-corrected chi connectivity index (χ0v) is 17.0. The number of aromatic nitrogens is 4. The number of nitrogen functional groups attached to an aromatic ring is 1. The monoisotopic (exact) mass is 425 g/mol. The number of ether oxygens (including phenoxy) is 1. The molecule has 1 unspecified atom stereocenters. The molecule has 9 heteroatoms. The molecule has 9 nitrogen and oxygen atoms in total. The number of fused-ring (bicyclic) bond motifs is 1. The van der Waals surface area contributed by atoms with Gasteiger partial charge in [0.1, 0.15) is 28.7 Å². The largest absolute Gasteiger partial charge is 0.382 e. The Bertz CT molecular complexity index is 1350. The van der Waals surface area contributed by atoms with Gasteiger partial charge in [0.15, 0.2) is 5.69 Å². The third-order valence-corrected chi connectivity index (χ3v) is 5.44. The van der Waals surface area contributed by atoms with Crippen LogP contribution in [0, 0.1) is 6.57 Å². The highest BCUT2D eigenvalue weighted by atomic mass is 16.5. The zero-order valence-electron chi connectivity index (χ0n) is 17.0. The molecule has 158 valence electrons. The molecule has 3 N–H and O–H groups in total. The normalized spacial score (nSPS) is 15.5. The van der Waals surface area contributed by atoms with Crippen molar-refractivity contribution in [3.05, 3.63) is 77.8 Å². The number of nitrogens with two attached hydrogens (primary N) is 1. The molecule has 0 radical (unpaired) electrons. The van der Waals surface area contributed by atoms with Crippen molar-refractivity contribution in [3.63, 3.8) is 0 Å². The van der Waals surface area contributed by atoms with Gasteiger partial charge < -0.3 is 15.8 Å². The SMILES string of the molecule is [C-]#[N+]c1ccnc(NC(=O)c2ccc(-c3nc(C4CCOC4)n4ccnc(N)c34)cc2)c1. The number of hydrogen-bond acceptors (Lipinski definition) is 6. The van der Waals surface area contributed by atoms with Crippen LogP contribution in [0.15, 0.2) is 55.0 Å². The van der Waals surface area contributed by atoms with E-state index in [0.29, 0.717) is 36.1 Å². The van der Waals surface area contributed by atoms with E-state index < -0.39 is 0 Å². The van der Waals surface area contributed by atoms with E-state index in [-0.39, 0.29) is 11.8 Å². The minimum atomic E-state index is -0.314. The maximum Gasteiger partial charge on any atom is 0.256 e. The van der Waals surface area contributed by atoms with Crippen LogP contribution < -0.4 is 11.1 Å². The van der Waals surface area contributed by atoms with Crippen molar-refractivity contribution in [2.75, 3.05) is 24.3 Å². The number of carbonyl (C=O) groups excluding carboxylic acids is 1. The lowest BCUT2D eigenvalue weighted by atomic mass is 10.1. The Labute approximate surface area is 183 Å². The summed E-state index contributed by atoms with van der Waals surface area (Å²) < 4.78 is 7.52. The van der Waals surface area contributed by atoms with Crippen LogP contribution in [0.1, 0.15) is 28.5 Å². The second kappa shape index (κ2) is 8.09. The van der Waals surface area contributed by atoms with Crippen molar-refractivity contribution >= 4 is 28.7 Å². The number of carbonyl (C=O) groups is 1. The van der Waals surface area contributed by atoms with Gasteiger partial charge in [-0.05, 0) is 30.7 Å². The average Bonchev–Trinajstić information content (AvgIpc) is 3.48. The predicted octanol–water partition coefficient (Wildman–Crippen LogP) is 3.68. The summed E-state index contributed by atoms with van der Waals surface area (Å²) in [5.74, 6) is 1.50. The fraction of sp³-hybridized carbons (Fsp3) is 0.174. The fourth-order valence-electron chi connectivity index (χ4n) is 3.84. The third-order valence-electron chi connectivity index (χ3n) is 5.44. The number of pyridine rings is 1. The second-order valence-corrected chi connectivity index (χ2v) is 7.45. The molecule has 5 rings (SSSR count). The van der Waals surface area contributed by atoms with Crippen molar-refractivity contribution in [1.82, 2.24) is 19.4 Å². The van der Waals surface area contributed by atoms with Crippen molar-refractivity contribution in [2.45, 2.75) is 12.3 Å². The number of anilines is 2. The molecule has 1 aliphatic heterocycles. The van der Waals surface area contributed by atoms with E-state index >= 15 is 0 Å². The number of hydrogen-bond donors (Lipinski definition) is 2. The van der Waals surface area contributed by atoms with Crippen LogP contribution in [0.3, 0.4) is 0 Å². The molecule has 32 heavy (non-hydrogen) atoms. The lowest BCUT2D eigenvalue weighted by Gasteiger charge is -2.06. The quantitative estimate of drug-likeness (QED) is 0.483. The van der Waals surface area contributed by atoms with Crippen molar-refractivity contribution in [3.8, 4) is 11.3 Å². The molecule has 0 spiro atoms. The standard InChI is InChI=1S/C23H19N7O2/c1-25-17-6-8-26-18(12-17)28-23(31)15-4-2-14(3-5-15)19-20-21(24)27-9-10-30(20)22(29-19)16-7-11-32-13-16/h2-6,8-10,12,16H,7,11,13H2,(H2,24,27)(H,26,28,31). The van der Waals surface area contributed by atoms with E-state index in [1.165, 1.54) is 12.3 Å². The van der Waals surface area contributed by atoms with Gasteiger partial charge in [-0.3, -0.25) is 9.20 Å². The Hall–Kier alpha value is -4.29. The van der Waals surface area contributed by atoms with Gasteiger partial charge in [-0.25, -0.2) is 19.8 Å². The van der Waals surface area contributed by atoms with Crippen LogP contribution >= 0.6 is 0 Å². The van der Waals surface area contributed by atoms with E-state index in [1.54, 1.807) is 24.4 Å². The number of benzene rings is 1. The average molecular weight is 425 g/mol. The van der Waals surface area contributed by atoms with Gasteiger partial charge in [0, 0.05) is 42.2 Å². The first-order valence-corrected chi connectivity index (χ1v) is 10.1. The first-order chi connectivity index (χ1) is 15.6. The van der Waals surface area contributed by atoms with E-state index in [0.717, 1.165) is 29.0 Å². The van der Waals surface area contributed by atoms with Gasteiger partial charge in [0.2, 0.25) is 0 Å². The summed E-state index contributed by atoms with van der Waals surface area (Å²) >= 11 is 0. The van der Waals surface area contributed by atoms with Crippen LogP contribution in [0.2, 0.25) is 0 Å². The van der Waals surface area contributed by atoms with Gasteiger partial charge in [0.05, 0.1) is 13.2 Å². The summed E-state index contributed by atoms with van der Waals surface area (Å²) in [7, 11) is 0. The maximum atomic E-state index is 12.6. The van der Waals surface area contributed by atoms with Crippen molar-refractivity contribution in [2.24, 2.45) is 0 Å². The first-order valence-electron chi connectivity index (χ1n) is 10.1. The lowest BCUT2D eigenvalue weighted by Crippen LogP contribution is -2.12. The molecule has 0 aliphatic carbocycles. The molecule has 3 aromatic heterocycles. The van der Waals surface area contributed by atoms with E-state index in [2.05, 4.69) is 20.1 Å². The molecular weight excluding hydrogens is 406 g/mol. The number of nitrogens with one attached hydrogen (secondary N) is 1. The van der Waals surface area contributed by atoms with Gasteiger partial charge in [0.25, 0.3) is 5.91 Å². The topological polar surface area (TPSA) is 112 Å². The number of nitrogens with zero attached hydrogens (tertiary/aromatic N) is 5. The Morgan fingerprint density at radius 1 is 1.22 bits per heavy atom. The Balaban J connectivity index is 1.46. The van der Waals surface area contributed by atoms with Crippen molar-refractivity contribution < 1.29 is 9.53 Å². The molecule has 1 saturated heterocycles. The van der Waals surface area contributed by atoms with Gasteiger partial charge in [-0.2, -0.15) is 0 Å². The van der Waals surface area contributed by atoms with Crippen molar-refractivity contribution in [1.29, 1.82) is 0 Å². The van der Waals surface area contributed by atoms with E-state index in [4.69, 9.17) is 22.0 Å². The molecular formula is C23H19N7O2. The predicted molar refractivity (Wildman–Crippen MR) is 119 cm³/mol. The van der Waals surface area contributed by atoms with Crippen LogP contribution in [-0.4, -0.2) is 38.5 Å². The Morgan fingerprint density at radius 2 is 2.06 bits per heavy atom. The molecule has 1 atom stereocenters. The van der Waals surface area contributed by atoms with Crippen LogP contribution in [0.4, 0.5) is 17.3 Å². The maximum absolute atomic E-state index is 12.6. The molecule has 0 saturated carbocycles. The number of amides is 1. The highest BCUT2D eigenvalue weighted by Gasteiger charge is 2.25. The highest BCUT2D eigenvalue weighted by molar-refractivity contribution is 6.04. The van der Waals surface area contributed by atoms with Gasteiger partial charge in [-0.15, -0.1) is 0 Å². The lowest BCUT2D eigenvalue weighted by molar-refractivity contribution is 0.102. The van der Waals surface area contributed by atoms with Crippen LogP contribution in [-0.2, 0) is 4.74 Å². The molecule has 4 heterocycles.